The number of aromatic nitrogens is 1. The molecule has 0 aliphatic carbocycles. The lowest BCUT2D eigenvalue weighted by atomic mass is 10.2. The molecule has 0 fully saturated rings. The monoisotopic (exact) mass is 255 g/mol. The van der Waals surface area contributed by atoms with E-state index >= 15 is 0 Å². The number of anilines is 1. The molecule has 6 heteroatoms. The first-order valence-electron chi connectivity index (χ1n) is 5.27. The predicted octanol–water partition coefficient (Wildman–Crippen LogP) is 2.03. The standard InChI is InChI=1S/C13H9N3O3/c14-7-8-1-3-9(4-2-8)19-12-11(15)10(13(17)18)5-6-16-12/h1-6H,15H2,(H,17,18). The van der Waals surface area contributed by atoms with Gasteiger partial charge < -0.3 is 15.6 Å². The number of nitriles is 1. The Morgan fingerprint density at radius 2 is 2.00 bits per heavy atom. The largest absolute Gasteiger partial charge is 0.478 e. The van der Waals surface area contributed by atoms with Gasteiger partial charge in [-0.25, -0.2) is 9.78 Å². The quantitative estimate of drug-likeness (QED) is 0.868. The van der Waals surface area contributed by atoms with Crippen molar-refractivity contribution in [3.05, 3.63) is 47.7 Å². The van der Waals surface area contributed by atoms with E-state index in [2.05, 4.69) is 4.98 Å². The fourth-order valence-corrected chi connectivity index (χ4v) is 1.43. The summed E-state index contributed by atoms with van der Waals surface area (Å²) in [5.41, 5.74) is 6.05. The zero-order valence-electron chi connectivity index (χ0n) is 9.70. The fourth-order valence-electron chi connectivity index (χ4n) is 1.43. The highest BCUT2D eigenvalue weighted by atomic mass is 16.5. The Bertz CT molecular complexity index is 660. The van der Waals surface area contributed by atoms with Crippen molar-refractivity contribution in [3.63, 3.8) is 0 Å². The number of aromatic carboxylic acids is 1. The van der Waals surface area contributed by atoms with Gasteiger partial charge in [0.25, 0.3) is 0 Å². The first-order chi connectivity index (χ1) is 9.11. The van der Waals surface area contributed by atoms with Crippen LogP contribution >= 0.6 is 0 Å². The van der Waals surface area contributed by atoms with E-state index in [4.69, 9.17) is 20.8 Å². The second-order valence-corrected chi connectivity index (χ2v) is 3.62. The minimum Gasteiger partial charge on any atom is -0.478 e. The molecule has 0 amide bonds. The van der Waals surface area contributed by atoms with Crippen LogP contribution in [0.4, 0.5) is 5.69 Å². The van der Waals surface area contributed by atoms with E-state index in [1.165, 1.54) is 12.3 Å². The van der Waals surface area contributed by atoms with Gasteiger partial charge in [0, 0.05) is 6.20 Å². The van der Waals surface area contributed by atoms with E-state index < -0.39 is 5.97 Å². The Morgan fingerprint density at radius 1 is 1.32 bits per heavy atom. The topological polar surface area (TPSA) is 109 Å². The third kappa shape index (κ3) is 2.61. The third-order valence-electron chi connectivity index (χ3n) is 2.38. The highest BCUT2D eigenvalue weighted by molar-refractivity contribution is 5.94. The maximum absolute atomic E-state index is 10.9. The Labute approximate surface area is 108 Å². The van der Waals surface area contributed by atoms with Crippen molar-refractivity contribution >= 4 is 11.7 Å². The Balaban J connectivity index is 2.30. The van der Waals surface area contributed by atoms with Crippen molar-refractivity contribution in [2.75, 3.05) is 5.73 Å². The zero-order chi connectivity index (χ0) is 13.8. The molecule has 2 rings (SSSR count). The molecule has 1 aromatic carbocycles. The number of benzene rings is 1. The summed E-state index contributed by atoms with van der Waals surface area (Å²) in [6.07, 6.45) is 1.30. The molecule has 0 unspecified atom stereocenters. The highest BCUT2D eigenvalue weighted by Gasteiger charge is 2.13. The number of carbonyl (C=O) groups is 1. The minimum absolute atomic E-state index is 0.0182. The first-order valence-corrected chi connectivity index (χ1v) is 5.27. The minimum atomic E-state index is -1.15. The van der Waals surface area contributed by atoms with E-state index in [0.29, 0.717) is 11.3 Å². The van der Waals surface area contributed by atoms with Crippen LogP contribution in [0.1, 0.15) is 15.9 Å². The summed E-state index contributed by atoms with van der Waals surface area (Å²) in [7, 11) is 0. The Kier molecular flexibility index (Phi) is 3.30. The van der Waals surface area contributed by atoms with Crippen LogP contribution in [0.3, 0.4) is 0 Å². The number of nitrogen functional groups attached to an aromatic ring is 1. The van der Waals surface area contributed by atoms with Crippen molar-refractivity contribution in [1.29, 1.82) is 5.26 Å². The third-order valence-corrected chi connectivity index (χ3v) is 2.38. The van der Waals surface area contributed by atoms with Crippen molar-refractivity contribution in [2.45, 2.75) is 0 Å². The van der Waals surface area contributed by atoms with Crippen molar-refractivity contribution in [3.8, 4) is 17.7 Å². The van der Waals surface area contributed by atoms with Crippen LogP contribution in [0, 0.1) is 11.3 Å². The average molecular weight is 255 g/mol. The van der Waals surface area contributed by atoms with E-state index in [0.717, 1.165) is 0 Å². The molecule has 1 aromatic heterocycles. The number of ether oxygens (including phenoxy) is 1. The second kappa shape index (κ2) is 5.06. The predicted molar refractivity (Wildman–Crippen MR) is 66.8 cm³/mol. The first kappa shape index (κ1) is 12.4. The van der Waals surface area contributed by atoms with Gasteiger partial charge in [0.15, 0.2) is 0 Å². The summed E-state index contributed by atoms with van der Waals surface area (Å²) in [6.45, 7) is 0. The summed E-state index contributed by atoms with van der Waals surface area (Å²) >= 11 is 0. The molecule has 1 heterocycles. The molecule has 94 valence electrons. The zero-order valence-corrected chi connectivity index (χ0v) is 9.70. The van der Waals surface area contributed by atoms with Gasteiger partial charge in [-0.15, -0.1) is 0 Å². The normalized spacial score (nSPS) is 9.63. The van der Waals surface area contributed by atoms with Gasteiger partial charge in [-0.1, -0.05) is 0 Å². The molecular weight excluding hydrogens is 246 g/mol. The molecule has 3 N–H and O–H groups in total. The molecule has 19 heavy (non-hydrogen) atoms. The second-order valence-electron chi connectivity index (χ2n) is 3.62. The van der Waals surface area contributed by atoms with Crippen LogP contribution in [0.15, 0.2) is 36.5 Å². The van der Waals surface area contributed by atoms with Gasteiger partial charge >= 0.3 is 5.97 Å². The number of hydrogen-bond acceptors (Lipinski definition) is 5. The summed E-state index contributed by atoms with van der Waals surface area (Å²) in [4.78, 5) is 14.8. The Morgan fingerprint density at radius 3 is 2.58 bits per heavy atom. The molecule has 0 bridgehead atoms. The molecule has 0 aliphatic rings. The van der Waals surface area contributed by atoms with E-state index in [-0.39, 0.29) is 17.1 Å². The lowest BCUT2D eigenvalue weighted by Crippen LogP contribution is -2.05. The van der Waals surface area contributed by atoms with Crippen LogP contribution in [0.5, 0.6) is 11.6 Å². The lowest BCUT2D eigenvalue weighted by molar-refractivity contribution is 0.0697. The maximum Gasteiger partial charge on any atom is 0.338 e. The SMILES string of the molecule is N#Cc1ccc(Oc2nccc(C(=O)O)c2N)cc1. The van der Waals surface area contributed by atoms with Crippen LogP contribution in [-0.2, 0) is 0 Å². The van der Waals surface area contributed by atoms with Crippen LogP contribution in [-0.4, -0.2) is 16.1 Å². The molecule has 0 radical (unpaired) electrons. The van der Waals surface area contributed by atoms with Crippen LogP contribution < -0.4 is 10.5 Å². The van der Waals surface area contributed by atoms with Crippen molar-refractivity contribution < 1.29 is 14.6 Å². The van der Waals surface area contributed by atoms with Gasteiger partial charge in [-0.2, -0.15) is 5.26 Å². The lowest BCUT2D eigenvalue weighted by Gasteiger charge is -2.08. The summed E-state index contributed by atoms with van der Waals surface area (Å²) in [6, 6.07) is 9.58. The smallest absolute Gasteiger partial charge is 0.338 e. The molecule has 0 spiro atoms. The fraction of sp³-hybridized carbons (Fsp3) is 0. The maximum atomic E-state index is 10.9. The average Bonchev–Trinajstić information content (AvgIpc) is 2.41. The van der Waals surface area contributed by atoms with Crippen molar-refractivity contribution in [2.24, 2.45) is 0 Å². The molecule has 0 aliphatic heterocycles. The summed E-state index contributed by atoms with van der Waals surface area (Å²) in [5.74, 6) is -0.713. The molecule has 0 saturated carbocycles. The number of rotatable bonds is 3. The van der Waals surface area contributed by atoms with E-state index in [1.54, 1.807) is 24.3 Å². The number of pyridine rings is 1. The van der Waals surface area contributed by atoms with Crippen LogP contribution in [0.25, 0.3) is 0 Å². The van der Waals surface area contributed by atoms with Crippen molar-refractivity contribution in [1.82, 2.24) is 4.98 Å². The van der Waals surface area contributed by atoms with Crippen LogP contribution in [0.2, 0.25) is 0 Å². The highest BCUT2D eigenvalue weighted by Crippen LogP contribution is 2.27. The molecule has 0 saturated heterocycles. The molecule has 2 aromatic rings. The van der Waals surface area contributed by atoms with Gasteiger partial charge in [0.05, 0.1) is 17.2 Å². The number of hydrogen-bond donors (Lipinski definition) is 2. The number of carboxylic acid groups (broad SMARTS) is 1. The van der Waals surface area contributed by atoms with E-state index in [1.807, 2.05) is 6.07 Å². The van der Waals surface area contributed by atoms with E-state index in [9.17, 15) is 4.79 Å². The van der Waals surface area contributed by atoms with Gasteiger partial charge in [0.2, 0.25) is 5.88 Å². The Hall–Kier alpha value is -3.07. The van der Waals surface area contributed by atoms with Gasteiger partial charge in [0.1, 0.15) is 11.4 Å². The molecular formula is C13H9N3O3. The summed E-state index contributed by atoms with van der Waals surface area (Å²) in [5, 5.41) is 17.6. The summed E-state index contributed by atoms with van der Waals surface area (Å²) < 4.78 is 5.39. The molecule has 0 atom stereocenters. The number of nitrogens with zero attached hydrogens (tertiary/aromatic N) is 2. The van der Waals surface area contributed by atoms with Gasteiger partial charge in [-0.3, -0.25) is 0 Å². The number of nitrogens with two attached hydrogens (primary N) is 1. The van der Waals surface area contributed by atoms with Gasteiger partial charge in [-0.05, 0) is 30.3 Å². The number of carboxylic acids is 1. The molecule has 6 nitrogen and oxygen atoms in total.